The molecule has 1 amide bonds. The van der Waals surface area contributed by atoms with E-state index in [9.17, 15) is 9.90 Å². The lowest BCUT2D eigenvalue weighted by atomic mass is 10.2. The van der Waals surface area contributed by atoms with Crippen LogP contribution in [-0.4, -0.2) is 17.6 Å². The molecule has 0 aliphatic carbocycles. The van der Waals surface area contributed by atoms with Crippen LogP contribution >= 0.6 is 23.2 Å². The number of aliphatic hydroxyl groups is 1. The number of ether oxygens (including phenoxy) is 1. The number of hydrogen-bond acceptors (Lipinski definition) is 3. The molecule has 0 atom stereocenters. The Bertz CT molecular complexity index is 672. The molecular weight excluding hydrogens is 325 g/mol. The maximum absolute atomic E-state index is 11.9. The molecule has 2 aromatic rings. The molecule has 0 heterocycles. The Kier molecular flexibility index (Phi) is 5.66. The Morgan fingerprint density at radius 1 is 1.23 bits per heavy atom. The standard InChI is InChI=1S/C16H15Cl2NO3/c1-10-2-4-13(5-3-10)19-15(21)9-22-16-11(8-20)6-12(17)7-14(16)18/h2-7,20H,8-9H2,1H3,(H,19,21). The highest BCUT2D eigenvalue weighted by Gasteiger charge is 2.12. The third-order valence-electron chi connectivity index (χ3n) is 2.94. The molecule has 4 nitrogen and oxygen atoms in total. The fraction of sp³-hybridized carbons (Fsp3) is 0.188. The van der Waals surface area contributed by atoms with Crippen molar-refractivity contribution in [3.05, 3.63) is 57.6 Å². The first-order chi connectivity index (χ1) is 10.5. The number of benzene rings is 2. The number of hydrogen-bond donors (Lipinski definition) is 2. The van der Waals surface area contributed by atoms with Crippen molar-refractivity contribution >= 4 is 34.8 Å². The van der Waals surface area contributed by atoms with E-state index in [2.05, 4.69) is 5.32 Å². The summed E-state index contributed by atoms with van der Waals surface area (Å²) in [6.45, 7) is 1.46. The van der Waals surface area contributed by atoms with Crippen LogP contribution in [0.2, 0.25) is 10.0 Å². The lowest BCUT2D eigenvalue weighted by molar-refractivity contribution is -0.118. The van der Waals surface area contributed by atoms with Gasteiger partial charge in [-0.1, -0.05) is 40.9 Å². The van der Waals surface area contributed by atoms with Crippen LogP contribution in [-0.2, 0) is 11.4 Å². The van der Waals surface area contributed by atoms with Gasteiger partial charge in [-0.2, -0.15) is 0 Å². The minimum absolute atomic E-state index is 0.220. The fourth-order valence-corrected chi connectivity index (χ4v) is 2.45. The lowest BCUT2D eigenvalue weighted by Crippen LogP contribution is -2.20. The zero-order chi connectivity index (χ0) is 16.1. The maximum Gasteiger partial charge on any atom is 0.262 e. The Morgan fingerprint density at radius 2 is 1.91 bits per heavy atom. The van der Waals surface area contributed by atoms with Crippen LogP contribution in [0.1, 0.15) is 11.1 Å². The van der Waals surface area contributed by atoms with Crippen molar-refractivity contribution in [1.82, 2.24) is 0 Å². The smallest absolute Gasteiger partial charge is 0.262 e. The molecular formula is C16H15Cl2NO3. The van der Waals surface area contributed by atoms with Gasteiger partial charge in [0.15, 0.2) is 6.61 Å². The molecule has 0 bridgehead atoms. The highest BCUT2D eigenvalue weighted by Crippen LogP contribution is 2.32. The molecule has 0 saturated carbocycles. The normalized spacial score (nSPS) is 10.4. The van der Waals surface area contributed by atoms with Gasteiger partial charge < -0.3 is 15.2 Å². The topological polar surface area (TPSA) is 58.6 Å². The Morgan fingerprint density at radius 3 is 2.55 bits per heavy atom. The first-order valence-corrected chi connectivity index (χ1v) is 7.33. The van der Waals surface area contributed by atoms with Crippen molar-refractivity contribution in [3.63, 3.8) is 0 Å². The third kappa shape index (κ3) is 4.37. The van der Waals surface area contributed by atoms with Crippen molar-refractivity contribution in [2.24, 2.45) is 0 Å². The van der Waals surface area contributed by atoms with E-state index in [1.54, 1.807) is 6.07 Å². The average molecular weight is 340 g/mol. The predicted octanol–water partition coefficient (Wildman–Crippen LogP) is 3.81. The second kappa shape index (κ2) is 7.49. The van der Waals surface area contributed by atoms with Crippen LogP contribution in [0, 0.1) is 6.92 Å². The van der Waals surface area contributed by atoms with Gasteiger partial charge in [-0.3, -0.25) is 4.79 Å². The van der Waals surface area contributed by atoms with Gasteiger partial charge in [-0.15, -0.1) is 0 Å². The molecule has 0 saturated heterocycles. The molecule has 0 radical (unpaired) electrons. The van der Waals surface area contributed by atoms with E-state index in [0.29, 0.717) is 16.3 Å². The SMILES string of the molecule is Cc1ccc(NC(=O)COc2c(Cl)cc(Cl)cc2CO)cc1. The van der Waals surface area contributed by atoms with E-state index in [4.69, 9.17) is 27.9 Å². The first-order valence-electron chi connectivity index (χ1n) is 6.57. The number of anilines is 1. The highest BCUT2D eigenvalue weighted by atomic mass is 35.5. The van der Waals surface area contributed by atoms with Crippen LogP contribution in [0.4, 0.5) is 5.69 Å². The number of nitrogens with one attached hydrogen (secondary N) is 1. The number of aryl methyl sites for hydroxylation is 1. The highest BCUT2D eigenvalue weighted by molar-refractivity contribution is 6.35. The molecule has 0 aliphatic heterocycles. The Balaban J connectivity index is 2.01. The number of rotatable bonds is 5. The minimum atomic E-state index is -0.321. The molecule has 6 heteroatoms. The summed E-state index contributed by atoms with van der Waals surface area (Å²) in [7, 11) is 0. The summed E-state index contributed by atoms with van der Waals surface area (Å²) in [5.74, 6) is -0.0635. The summed E-state index contributed by atoms with van der Waals surface area (Å²) in [5, 5.41) is 12.7. The Labute approximate surface area is 138 Å². The van der Waals surface area contributed by atoms with Crippen LogP contribution in [0.25, 0.3) is 0 Å². The quantitative estimate of drug-likeness (QED) is 0.870. The maximum atomic E-state index is 11.9. The molecule has 0 spiro atoms. The largest absolute Gasteiger partial charge is 0.482 e. The van der Waals surface area contributed by atoms with Crippen molar-refractivity contribution in [1.29, 1.82) is 0 Å². The van der Waals surface area contributed by atoms with Crippen LogP contribution in [0.5, 0.6) is 5.75 Å². The molecule has 0 fully saturated rings. The number of halogens is 2. The van der Waals surface area contributed by atoms with Crippen molar-refractivity contribution < 1.29 is 14.6 Å². The summed E-state index contributed by atoms with van der Waals surface area (Å²) >= 11 is 11.9. The average Bonchev–Trinajstić information content (AvgIpc) is 2.48. The van der Waals surface area contributed by atoms with E-state index in [0.717, 1.165) is 5.56 Å². The molecule has 2 aromatic carbocycles. The van der Waals surface area contributed by atoms with Gasteiger partial charge in [0.05, 0.1) is 11.6 Å². The summed E-state index contributed by atoms with van der Waals surface area (Å²) in [6.07, 6.45) is 0. The second-order valence-corrected chi connectivity index (χ2v) is 5.58. The summed E-state index contributed by atoms with van der Waals surface area (Å²) in [5.41, 5.74) is 2.22. The fourth-order valence-electron chi connectivity index (χ4n) is 1.86. The van der Waals surface area contributed by atoms with Crippen LogP contribution < -0.4 is 10.1 Å². The predicted molar refractivity (Wildman–Crippen MR) is 87.7 cm³/mol. The van der Waals surface area contributed by atoms with Crippen molar-refractivity contribution in [2.75, 3.05) is 11.9 Å². The van der Waals surface area contributed by atoms with Crippen molar-refractivity contribution in [2.45, 2.75) is 13.5 Å². The number of carbonyl (C=O) groups is 1. The van der Waals surface area contributed by atoms with Crippen LogP contribution in [0.3, 0.4) is 0 Å². The lowest BCUT2D eigenvalue weighted by Gasteiger charge is -2.12. The molecule has 0 aromatic heterocycles. The molecule has 116 valence electrons. The van der Waals surface area contributed by atoms with Gasteiger partial charge in [0.2, 0.25) is 0 Å². The minimum Gasteiger partial charge on any atom is -0.482 e. The van der Waals surface area contributed by atoms with Gasteiger partial charge in [0.25, 0.3) is 5.91 Å². The molecule has 2 N–H and O–H groups in total. The van der Waals surface area contributed by atoms with Gasteiger partial charge in [0, 0.05) is 16.3 Å². The zero-order valence-corrected chi connectivity index (χ0v) is 13.4. The van der Waals surface area contributed by atoms with Crippen molar-refractivity contribution in [3.8, 4) is 5.75 Å². The van der Waals surface area contributed by atoms with E-state index < -0.39 is 0 Å². The number of carbonyl (C=O) groups excluding carboxylic acids is 1. The first kappa shape index (κ1) is 16.6. The van der Waals surface area contributed by atoms with E-state index >= 15 is 0 Å². The van der Waals surface area contributed by atoms with Gasteiger partial charge in [0.1, 0.15) is 5.75 Å². The second-order valence-electron chi connectivity index (χ2n) is 4.74. The van der Waals surface area contributed by atoms with E-state index in [1.807, 2.05) is 31.2 Å². The van der Waals surface area contributed by atoms with Gasteiger partial charge >= 0.3 is 0 Å². The monoisotopic (exact) mass is 339 g/mol. The number of aliphatic hydroxyl groups excluding tert-OH is 1. The third-order valence-corrected chi connectivity index (χ3v) is 3.44. The molecule has 0 aliphatic rings. The summed E-state index contributed by atoms with van der Waals surface area (Å²) in [6, 6.07) is 10.5. The van der Waals surface area contributed by atoms with Crippen LogP contribution in [0.15, 0.2) is 36.4 Å². The molecule has 22 heavy (non-hydrogen) atoms. The van der Waals surface area contributed by atoms with E-state index in [-0.39, 0.29) is 29.9 Å². The Hall–Kier alpha value is -1.75. The summed E-state index contributed by atoms with van der Waals surface area (Å²) < 4.78 is 5.41. The van der Waals surface area contributed by atoms with E-state index in [1.165, 1.54) is 6.07 Å². The van der Waals surface area contributed by atoms with Gasteiger partial charge in [-0.25, -0.2) is 0 Å². The molecule has 0 unspecified atom stereocenters. The zero-order valence-electron chi connectivity index (χ0n) is 11.9. The summed E-state index contributed by atoms with van der Waals surface area (Å²) in [4.78, 5) is 11.9. The van der Waals surface area contributed by atoms with Gasteiger partial charge in [-0.05, 0) is 31.2 Å². The molecule has 2 rings (SSSR count). The number of amides is 1.